The summed E-state index contributed by atoms with van der Waals surface area (Å²) < 4.78 is 43.2. The SMILES string of the molecule is COCCN(CC(=O)N(Cc1ccc2c(c1)OCO2)Cc1cccs1)C(=O)Nc1ccc(F)cc1F. The summed E-state index contributed by atoms with van der Waals surface area (Å²) in [5.74, 6) is -0.733. The Kier molecular flexibility index (Phi) is 8.34. The number of amides is 3. The lowest BCUT2D eigenvalue weighted by molar-refractivity contribution is -0.133. The summed E-state index contributed by atoms with van der Waals surface area (Å²) >= 11 is 1.52. The maximum atomic E-state index is 14.1. The second-order valence-corrected chi connectivity index (χ2v) is 9.02. The van der Waals surface area contributed by atoms with E-state index in [2.05, 4.69) is 5.32 Å². The zero-order chi connectivity index (χ0) is 25.5. The number of halogens is 2. The minimum Gasteiger partial charge on any atom is -0.454 e. The summed E-state index contributed by atoms with van der Waals surface area (Å²) in [5.41, 5.74) is 0.650. The number of thiophene rings is 1. The number of ether oxygens (including phenoxy) is 3. The number of carbonyl (C=O) groups excluding carboxylic acids is 2. The minimum atomic E-state index is -0.913. The van der Waals surface area contributed by atoms with Gasteiger partial charge in [-0.1, -0.05) is 12.1 Å². The van der Waals surface area contributed by atoms with Crippen LogP contribution < -0.4 is 14.8 Å². The third-order valence-corrected chi connectivity index (χ3v) is 6.30. The van der Waals surface area contributed by atoms with Crippen LogP contribution in [0.2, 0.25) is 0 Å². The van der Waals surface area contributed by atoms with Crippen LogP contribution in [0.4, 0.5) is 19.3 Å². The second-order valence-electron chi connectivity index (χ2n) is 7.99. The molecule has 4 rings (SSSR count). The van der Waals surface area contributed by atoms with Crippen molar-refractivity contribution in [3.8, 4) is 11.5 Å². The number of rotatable bonds is 10. The molecular formula is C25H25F2N3O5S. The first-order valence-electron chi connectivity index (χ1n) is 11.1. The molecule has 8 nitrogen and oxygen atoms in total. The molecule has 0 aliphatic carbocycles. The van der Waals surface area contributed by atoms with E-state index in [0.717, 1.165) is 22.6 Å². The molecule has 1 aromatic heterocycles. The molecular weight excluding hydrogens is 492 g/mol. The van der Waals surface area contributed by atoms with E-state index < -0.39 is 17.7 Å². The van der Waals surface area contributed by atoms with E-state index >= 15 is 0 Å². The molecule has 2 aromatic carbocycles. The zero-order valence-corrected chi connectivity index (χ0v) is 20.4. The predicted octanol–water partition coefficient (Wildman–Crippen LogP) is 4.46. The molecule has 0 unspecified atom stereocenters. The topological polar surface area (TPSA) is 80.3 Å². The highest BCUT2D eigenvalue weighted by atomic mass is 32.1. The Morgan fingerprint density at radius 2 is 1.89 bits per heavy atom. The summed E-state index contributed by atoms with van der Waals surface area (Å²) in [7, 11) is 1.47. The van der Waals surface area contributed by atoms with E-state index in [1.807, 2.05) is 29.6 Å². The number of benzene rings is 2. The number of urea groups is 1. The van der Waals surface area contributed by atoms with Gasteiger partial charge in [0.1, 0.15) is 18.2 Å². The van der Waals surface area contributed by atoms with Crippen molar-refractivity contribution in [1.82, 2.24) is 9.80 Å². The van der Waals surface area contributed by atoms with Crippen molar-refractivity contribution in [3.63, 3.8) is 0 Å². The summed E-state index contributed by atoms with van der Waals surface area (Å²) in [6.07, 6.45) is 0. The molecule has 1 aliphatic rings. The van der Waals surface area contributed by atoms with Crippen molar-refractivity contribution < 1.29 is 32.6 Å². The lowest BCUT2D eigenvalue weighted by Gasteiger charge is -2.28. The maximum Gasteiger partial charge on any atom is 0.322 e. The highest BCUT2D eigenvalue weighted by Crippen LogP contribution is 2.33. The molecule has 0 saturated carbocycles. The number of carbonyl (C=O) groups is 2. The maximum absolute atomic E-state index is 14.1. The van der Waals surface area contributed by atoms with Gasteiger partial charge < -0.3 is 29.3 Å². The number of methoxy groups -OCH3 is 1. The number of nitrogens with zero attached hydrogens (tertiary/aromatic N) is 2. The molecule has 0 spiro atoms. The molecule has 1 aliphatic heterocycles. The van der Waals surface area contributed by atoms with Gasteiger partial charge in [-0.3, -0.25) is 4.79 Å². The first-order chi connectivity index (χ1) is 17.4. The summed E-state index contributed by atoms with van der Waals surface area (Å²) in [6, 6.07) is 11.4. The van der Waals surface area contributed by atoms with E-state index in [-0.39, 0.29) is 44.6 Å². The molecule has 1 N–H and O–H groups in total. The van der Waals surface area contributed by atoms with Gasteiger partial charge in [0.05, 0.1) is 18.8 Å². The highest BCUT2D eigenvalue weighted by molar-refractivity contribution is 7.09. The first kappa shape index (κ1) is 25.4. The Bertz CT molecular complexity index is 1210. The monoisotopic (exact) mass is 517 g/mol. The number of anilines is 1. The van der Waals surface area contributed by atoms with Gasteiger partial charge in [0.25, 0.3) is 0 Å². The lowest BCUT2D eigenvalue weighted by Crippen LogP contribution is -2.45. The van der Waals surface area contributed by atoms with Crippen LogP contribution in [0, 0.1) is 11.6 Å². The van der Waals surface area contributed by atoms with Crippen LogP contribution in [-0.2, 0) is 22.6 Å². The van der Waals surface area contributed by atoms with Gasteiger partial charge in [-0.15, -0.1) is 11.3 Å². The van der Waals surface area contributed by atoms with E-state index in [4.69, 9.17) is 14.2 Å². The highest BCUT2D eigenvalue weighted by Gasteiger charge is 2.24. The average molecular weight is 518 g/mol. The minimum absolute atomic E-state index is 0.0910. The van der Waals surface area contributed by atoms with Gasteiger partial charge in [-0.2, -0.15) is 0 Å². The fourth-order valence-electron chi connectivity index (χ4n) is 3.58. The van der Waals surface area contributed by atoms with Crippen LogP contribution in [0.15, 0.2) is 53.9 Å². The van der Waals surface area contributed by atoms with Crippen LogP contribution in [0.3, 0.4) is 0 Å². The van der Waals surface area contributed by atoms with Crippen molar-refractivity contribution in [2.75, 3.05) is 38.9 Å². The van der Waals surface area contributed by atoms with E-state index in [1.54, 1.807) is 11.0 Å². The van der Waals surface area contributed by atoms with Gasteiger partial charge in [-0.05, 0) is 41.3 Å². The van der Waals surface area contributed by atoms with Crippen molar-refractivity contribution >= 4 is 29.0 Å². The molecule has 36 heavy (non-hydrogen) atoms. The third kappa shape index (κ3) is 6.49. The molecule has 3 aromatic rings. The predicted molar refractivity (Wildman–Crippen MR) is 130 cm³/mol. The van der Waals surface area contributed by atoms with Crippen molar-refractivity contribution in [2.24, 2.45) is 0 Å². The molecule has 0 radical (unpaired) electrons. The zero-order valence-electron chi connectivity index (χ0n) is 19.5. The smallest absolute Gasteiger partial charge is 0.322 e. The standard InChI is InChI=1S/C25H25F2N3O5S/c1-33-9-8-29(25(32)28-21-6-5-18(26)12-20(21)27)15-24(31)30(14-19-3-2-10-36-19)13-17-4-7-22-23(11-17)35-16-34-22/h2-7,10-12H,8-9,13-16H2,1H3,(H,28,32). The second kappa shape index (κ2) is 11.8. The number of fused-ring (bicyclic) bond motifs is 1. The molecule has 11 heteroatoms. The average Bonchev–Trinajstić information content (AvgIpc) is 3.54. The van der Waals surface area contributed by atoms with Crippen LogP contribution in [0.5, 0.6) is 11.5 Å². The fourth-order valence-corrected chi connectivity index (χ4v) is 4.30. The van der Waals surface area contributed by atoms with Gasteiger partial charge in [0.15, 0.2) is 11.5 Å². The molecule has 0 fully saturated rings. The van der Waals surface area contributed by atoms with Crippen molar-refractivity contribution in [1.29, 1.82) is 0 Å². The summed E-state index contributed by atoms with van der Waals surface area (Å²) in [6.45, 7) is 0.757. The van der Waals surface area contributed by atoms with Crippen LogP contribution >= 0.6 is 11.3 Å². The molecule has 3 amide bonds. The van der Waals surface area contributed by atoms with E-state index in [9.17, 15) is 18.4 Å². The molecule has 2 heterocycles. The number of hydrogen-bond donors (Lipinski definition) is 1. The van der Waals surface area contributed by atoms with Gasteiger partial charge in [-0.25, -0.2) is 13.6 Å². The summed E-state index contributed by atoms with van der Waals surface area (Å²) in [4.78, 5) is 30.2. The Labute approximate surface area is 211 Å². The number of hydrogen-bond acceptors (Lipinski definition) is 6. The Morgan fingerprint density at radius 3 is 2.64 bits per heavy atom. The van der Waals surface area contributed by atoms with Gasteiger partial charge in [0, 0.05) is 31.1 Å². The fraction of sp³-hybridized carbons (Fsp3) is 0.280. The van der Waals surface area contributed by atoms with Gasteiger partial charge in [0.2, 0.25) is 12.7 Å². The van der Waals surface area contributed by atoms with Crippen LogP contribution in [0.1, 0.15) is 10.4 Å². The number of nitrogens with one attached hydrogen (secondary N) is 1. The molecule has 0 bridgehead atoms. The first-order valence-corrected chi connectivity index (χ1v) is 12.0. The van der Waals surface area contributed by atoms with Crippen LogP contribution in [-0.4, -0.2) is 55.3 Å². The molecule has 190 valence electrons. The van der Waals surface area contributed by atoms with Gasteiger partial charge >= 0.3 is 6.03 Å². The Hall–Kier alpha value is -3.70. The normalized spacial score (nSPS) is 11.9. The lowest BCUT2D eigenvalue weighted by atomic mass is 10.2. The Balaban J connectivity index is 1.50. The van der Waals surface area contributed by atoms with Crippen LogP contribution in [0.25, 0.3) is 0 Å². The van der Waals surface area contributed by atoms with Crippen molar-refractivity contribution in [2.45, 2.75) is 13.1 Å². The molecule has 0 atom stereocenters. The summed E-state index contributed by atoms with van der Waals surface area (Å²) in [5, 5.41) is 4.33. The Morgan fingerprint density at radius 1 is 1.06 bits per heavy atom. The van der Waals surface area contributed by atoms with Crippen molar-refractivity contribution in [3.05, 3.63) is 76.0 Å². The molecule has 0 saturated heterocycles. The largest absolute Gasteiger partial charge is 0.454 e. The van der Waals surface area contributed by atoms with E-state index in [1.165, 1.54) is 23.3 Å². The third-order valence-electron chi connectivity index (χ3n) is 5.44. The quantitative estimate of drug-likeness (QED) is 0.430. The van der Waals surface area contributed by atoms with E-state index in [0.29, 0.717) is 24.1 Å².